The molecule has 8 heteroatoms. The van der Waals surface area contributed by atoms with E-state index in [2.05, 4.69) is 25.7 Å². The molecule has 0 unspecified atom stereocenters. The number of nitriles is 1. The second-order valence-electron chi connectivity index (χ2n) is 2.29. The third kappa shape index (κ3) is 2.73. The lowest BCUT2D eigenvalue weighted by atomic mass is 10.3. The Bertz CT molecular complexity index is 427. The number of alkyl halides is 3. The van der Waals surface area contributed by atoms with E-state index in [9.17, 15) is 18.3 Å². The summed E-state index contributed by atoms with van der Waals surface area (Å²) in [5.41, 5.74) is -0.544. The van der Waals surface area contributed by atoms with Gasteiger partial charge in [0.25, 0.3) is 0 Å². The minimum absolute atomic E-state index is 0.198. The van der Waals surface area contributed by atoms with E-state index in [4.69, 9.17) is 5.26 Å². The van der Waals surface area contributed by atoms with Gasteiger partial charge in [0.05, 0.1) is 4.47 Å². The van der Waals surface area contributed by atoms with E-state index in [0.29, 0.717) is 0 Å². The third-order valence-corrected chi connectivity index (χ3v) is 1.85. The highest BCUT2D eigenvalue weighted by Crippen LogP contribution is 2.38. The molecule has 0 spiro atoms. The number of hydrogen-bond acceptors (Lipinski definition) is 4. The molecule has 0 atom stereocenters. The van der Waals surface area contributed by atoms with Crippen LogP contribution in [0.3, 0.4) is 0 Å². The number of pyridine rings is 1. The van der Waals surface area contributed by atoms with Crippen molar-refractivity contribution in [1.82, 2.24) is 4.98 Å². The van der Waals surface area contributed by atoms with Crippen LogP contribution in [0.4, 0.5) is 13.2 Å². The maximum Gasteiger partial charge on any atom is 0.573 e. The molecule has 0 fully saturated rings. The first-order valence-electron chi connectivity index (χ1n) is 3.38. The molecule has 0 aliphatic carbocycles. The molecule has 4 nitrogen and oxygen atoms in total. The van der Waals surface area contributed by atoms with Crippen LogP contribution in [0.25, 0.3) is 0 Å². The molecule has 80 valence electrons. The monoisotopic (exact) mass is 282 g/mol. The van der Waals surface area contributed by atoms with Crippen molar-refractivity contribution in [3.63, 3.8) is 0 Å². The largest absolute Gasteiger partial charge is 0.573 e. The zero-order valence-electron chi connectivity index (χ0n) is 6.84. The minimum Gasteiger partial charge on any atom is -0.502 e. The van der Waals surface area contributed by atoms with Crippen LogP contribution in [0, 0.1) is 11.3 Å². The van der Waals surface area contributed by atoms with Gasteiger partial charge < -0.3 is 9.84 Å². The Kier molecular flexibility index (Phi) is 3.04. The Morgan fingerprint density at radius 1 is 1.53 bits per heavy atom. The number of hydrogen-bond donors (Lipinski definition) is 1. The topological polar surface area (TPSA) is 66.1 Å². The molecule has 0 aromatic carbocycles. The minimum atomic E-state index is -4.95. The highest BCUT2D eigenvalue weighted by molar-refractivity contribution is 9.10. The average Bonchev–Trinajstić information content (AvgIpc) is 2.11. The Morgan fingerprint density at radius 3 is 2.60 bits per heavy atom. The van der Waals surface area contributed by atoms with Crippen LogP contribution >= 0.6 is 15.9 Å². The van der Waals surface area contributed by atoms with Gasteiger partial charge in [0, 0.05) is 6.20 Å². The van der Waals surface area contributed by atoms with Crippen molar-refractivity contribution < 1.29 is 23.0 Å². The number of nitrogens with zero attached hydrogens (tertiary/aromatic N) is 2. The SMILES string of the molecule is N#Cc1ncc(Br)c(OC(F)(F)F)c1O. The van der Waals surface area contributed by atoms with Crippen molar-refractivity contribution in [2.45, 2.75) is 6.36 Å². The van der Waals surface area contributed by atoms with Crippen molar-refractivity contribution in [2.24, 2.45) is 0 Å². The van der Waals surface area contributed by atoms with E-state index in [-0.39, 0.29) is 4.47 Å². The number of aromatic hydroxyl groups is 1. The molecule has 0 amide bonds. The summed E-state index contributed by atoms with van der Waals surface area (Å²) < 4.78 is 39.0. The van der Waals surface area contributed by atoms with Gasteiger partial charge in [-0.2, -0.15) is 5.26 Å². The Hall–Kier alpha value is -1.49. The summed E-state index contributed by atoms with van der Waals surface area (Å²) in [6, 6.07) is 1.42. The molecule has 0 radical (unpaired) electrons. The van der Waals surface area contributed by atoms with Crippen LogP contribution in [-0.4, -0.2) is 16.5 Å². The number of aromatic nitrogens is 1. The molecule has 1 heterocycles. The molecule has 0 aliphatic heterocycles. The average molecular weight is 283 g/mol. The van der Waals surface area contributed by atoms with Gasteiger partial charge in [-0.25, -0.2) is 4.98 Å². The Balaban J connectivity index is 3.23. The van der Waals surface area contributed by atoms with Crippen molar-refractivity contribution in [1.29, 1.82) is 5.26 Å². The molecule has 0 bridgehead atoms. The normalized spacial score (nSPS) is 10.9. The van der Waals surface area contributed by atoms with Gasteiger partial charge in [0.15, 0.2) is 17.2 Å². The molecule has 0 saturated carbocycles. The van der Waals surface area contributed by atoms with E-state index in [1.165, 1.54) is 6.07 Å². The fourth-order valence-electron chi connectivity index (χ4n) is 0.756. The maximum absolute atomic E-state index is 11.9. The van der Waals surface area contributed by atoms with Gasteiger partial charge >= 0.3 is 6.36 Å². The Morgan fingerprint density at radius 2 is 2.13 bits per heavy atom. The van der Waals surface area contributed by atoms with Crippen molar-refractivity contribution in [3.05, 3.63) is 16.4 Å². The quantitative estimate of drug-likeness (QED) is 0.858. The molecule has 1 aromatic rings. The first-order valence-corrected chi connectivity index (χ1v) is 4.17. The van der Waals surface area contributed by atoms with Gasteiger partial charge in [-0.1, -0.05) is 0 Å². The van der Waals surface area contributed by atoms with E-state index in [0.717, 1.165) is 6.20 Å². The van der Waals surface area contributed by atoms with Crippen molar-refractivity contribution in [2.75, 3.05) is 0 Å². The van der Waals surface area contributed by atoms with Crippen LogP contribution < -0.4 is 4.74 Å². The summed E-state index contributed by atoms with van der Waals surface area (Å²) in [5, 5.41) is 17.6. The maximum atomic E-state index is 11.9. The summed E-state index contributed by atoms with van der Waals surface area (Å²) in [5.74, 6) is -1.83. The molecule has 1 rings (SSSR count). The molecule has 0 saturated heterocycles. The highest BCUT2D eigenvalue weighted by atomic mass is 79.9. The Labute approximate surface area is 90.0 Å². The second kappa shape index (κ2) is 3.94. The van der Waals surface area contributed by atoms with Crippen LogP contribution in [-0.2, 0) is 0 Å². The van der Waals surface area contributed by atoms with Crippen LogP contribution in [0.5, 0.6) is 11.5 Å². The molecule has 1 N–H and O–H groups in total. The first kappa shape index (κ1) is 11.6. The van der Waals surface area contributed by atoms with E-state index in [1.807, 2.05) is 0 Å². The number of halogens is 4. The summed E-state index contributed by atoms with van der Waals surface area (Å²) in [4.78, 5) is 3.38. The van der Waals surface area contributed by atoms with Gasteiger partial charge in [0.1, 0.15) is 6.07 Å². The standard InChI is InChI=1S/C7H2BrF3N2O2/c8-3-2-13-4(1-12)5(14)6(3)15-7(9,10)11/h2,14H. The van der Waals surface area contributed by atoms with Gasteiger partial charge in [0.2, 0.25) is 0 Å². The summed E-state index contributed by atoms with van der Waals surface area (Å²) in [6.45, 7) is 0. The molecular weight excluding hydrogens is 281 g/mol. The van der Waals surface area contributed by atoms with Crippen molar-refractivity contribution in [3.8, 4) is 17.6 Å². The van der Waals surface area contributed by atoms with E-state index in [1.54, 1.807) is 0 Å². The van der Waals surface area contributed by atoms with Crippen molar-refractivity contribution >= 4 is 15.9 Å². The summed E-state index contributed by atoms with van der Waals surface area (Å²) >= 11 is 2.71. The second-order valence-corrected chi connectivity index (χ2v) is 3.15. The predicted octanol–water partition coefficient (Wildman–Crippen LogP) is 2.32. The molecular formula is C7H2BrF3N2O2. The third-order valence-electron chi connectivity index (χ3n) is 1.29. The molecule has 15 heavy (non-hydrogen) atoms. The summed E-state index contributed by atoms with van der Waals surface area (Å²) in [7, 11) is 0. The van der Waals surface area contributed by atoms with Gasteiger partial charge in [-0.3, -0.25) is 0 Å². The van der Waals surface area contributed by atoms with Gasteiger partial charge in [-0.15, -0.1) is 13.2 Å². The fraction of sp³-hybridized carbons (Fsp3) is 0.143. The number of ether oxygens (including phenoxy) is 1. The predicted molar refractivity (Wildman–Crippen MR) is 45.0 cm³/mol. The van der Waals surface area contributed by atoms with Crippen LogP contribution in [0.1, 0.15) is 5.69 Å². The van der Waals surface area contributed by atoms with Crippen LogP contribution in [0.15, 0.2) is 10.7 Å². The molecule has 0 aliphatic rings. The smallest absolute Gasteiger partial charge is 0.502 e. The lowest BCUT2D eigenvalue weighted by Crippen LogP contribution is -2.17. The van der Waals surface area contributed by atoms with Crippen LogP contribution in [0.2, 0.25) is 0 Å². The lowest BCUT2D eigenvalue weighted by molar-refractivity contribution is -0.275. The zero-order chi connectivity index (χ0) is 11.6. The lowest BCUT2D eigenvalue weighted by Gasteiger charge is -2.11. The number of rotatable bonds is 1. The van der Waals surface area contributed by atoms with Gasteiger partial charge in [-0.05, 0) is 15.9 Å². The first-order chi connectivity index (χ1) is 6.85. The molecule has 1 aromatic heterocycles. The van der Waals surface area contributed by atoms with E-state index < -0.39 is 23.6 Å². The highest BCUT2D eigenvalue weighted by Gasteiger charge is 2.34. The summed E-state index contributed by atoms with van der Waals surface area (Å²) in [6.07, 6.45) is -4.02. The fourth-order valence-corrected chi connectivity index (χ4v) is 1.13. The zero-order valence-corrected chi connectivity index (χ0v) is 8.43. The van der Waals surface area contributed by atoms with E-state index >= 15 is 0 Å².